The first-order chi connectivity index (χ1) is 10.0. The van der Waals surface area contributed by atoms with Crippen molar-refractivity contribution in [1.82, 2.24) is 9.97 Å². The Kier molecular flexibility index (Phi) is 3.25. The number of para-hydroxylation sites is 1. The van der Waals surface area contributed by atoms with Gasteiger partial charge in [-0.1, -0.05) is 18.2 Å². The molecule has 21 heavy (non-hydrogen) atoms. The Bertz CT molecular complexity index is 830. The van der Waals surface area contributed by atoms with E-state index in [1.165, 1.54) is 6.07 Å². The van der Waals surface area contributed by atoms with Crippen LogP contribution in [0.2, 0.25) is 0 Å². The molecule has 3 rings (SSSR count). The topological polar surface area (TPSA) is 60.7 Å². The Morgan fingerprint density at radius 3 is 2.67 bits per heavy atom. The van der Waals surface area contributed by atoms with Gasteiger partial charge >= 0.3 is 5.69 Å². The molecule has 0 aliphatic carbocycles. The molecule has 0 fully saturated rings. The quantitative estimate of drug-likeness (QED) is 0.690. The maximum Gasteiger partial charge on any atom is 0.323 e. The highest BCUT2D eigenvalue weighted by molar-refractivity contribution is 5.75. The van der Waals surface area contributed by atoms with Crippen molar-refractivity contribution in [2.24, 2.45) is 0 Å². The fourth-order valence-electron chi connectivity index (χ4n) is 2.43. The standard InChI is InChI=1S/C16H16FN3O/c1-9-4-3-5-12(17)15(9)18-10(2)11-6-7-13-14(8-11)20-16(21)19-13/h3-8,10,18H,1-2H3,(H2,19,20,21). The number of hydrogen-bond donors (Lipinski definition) is 3. The third-order valence-electron chi connectivity index (χ3n) is 3.62. The SMILES string of the molecule is Cc1cccc(F)c1NC(C)c1ccc2[nH]c(=O)[nH]c2c1. The van der Waals surface area contributed by atoms with E-state index in [-0.39, 0.29) is 17.5 Å². The number of nitrogens with one attached hydrogen (secondary N) is 3. The molecule has 0 spiro atoms. The number of hydrogen-bond acceptors (Lipinski definition) is 2. The number of rotatable bonds is 3. The van der Waals surface area contributed by atoms with Gasteiger partial charge in [-0.05, 0) is 43.2 Å². The smallest absolute Gasteiger partial charge is 0.323 e. The summed E-state index contributed by atoms with van der Waals surface area (Å²) in [6, 6.07) is 10.6. The van der Waals surface area contributed by atoms with Crippen molar-refractivity contribution in [3.63, 3.8) is 0 Å². The zero-order chi connectivity index (χ0) is 15.0. The van der Waals surface area contributed by atoms with Crippen LogP contribution in [0, 0.1) is 12.7 Å². The van der Waals surface area contributed by atoms with E-state index < -0.39 is 0 Å². The summed E-state index contributed by atoms with van der Waals surface area (Å²) >= 11 is 0. The molecular formula is C16H16FN3O. The number of anilines is 1. The number of imidazole rings is 1. The van der Waals surface area contributed by atoms with Gasteiger partial charge in [0, 0.05) is 6.04 Å². The molecule has 1 atom stereocenters. The normalized spacial score (nSPS) is 12.5. The molecule has 0 saturated heterocycles. The average molecular weight is 285 g/mol. The largest absolute Gasteiger partial charge is 0.376 e. The summed E-state index contributed by atoms with van der Waals surface area (Å²) in [6.45, 7) is 3.82. The molecule has 0 radical (unpaired) electrons. The van der Waals surface area contributed by atoms with Crippen molar-refractivity contribution in [1.29, 1.82) is 0 Å². The van der Waals surface area contributed by atoms with Gasteiger partial charge in [0.1, 0.15) is 5.82 Å². The average Bonchev–Trinajstić information content (AvgIpc) is 2.81. The minimum absolute atomic E-state index is 0.0802. The molecule has 0 saturated carbocycles. The van der Waals surface area contributed by atoms with Crippen molar-refractivity contribution < 1.29 is 4.39 Å². The number of aromatic amines is 2. The molecule has 1 unspecified atom stereocenters. The van der Waals surface area contributed by atoms with Gasteiger partial charge in [0.25, 0.3) is 0 Å². The van der Waals surface area contributed by atoms with E-state index in [9.17, 15) is 9.18 Å². The predicted molar refractivity (Wildman–Crippen MR) is 82.1 cm³/mol. The van der Waals surface area contributed by atoms with Gasteiger partial charge in [0.15, 0.2) is 0 Å². The summed E-state index contributed by atoms with van der Waals surface area (Å²) in [5.41, 5.74) is 3.62. The van der Waals surface area contributed by atoms with Crippen LogP contribution in [0.1, 0.15) is 24.1 Å². The number of H-pyrrole nitrogens is 2. The zero-order valence-electron chi connectivity index (χ0n) is 11.8. The Hall–Kier alpha value is -2.56. The van der Waals surface area contributed by atoms with E-state index in [0.717, 1.165) is 22.2 Å². The van der Waals surface area contributed by atoms with Crippen LogP contribution < -0.4 is 11.0 Å². The second-order valence-corrected chi connectivity index (χ2v) is 5.18. The molecule has 4 nitrogen and oxygen atoms in total. The van der Waals surface area contributed by atoms with Crippen molar-refractivity contribution in [3.8, 4) is 0 Å². The first-order valence-corrected chi connectivity index (χ1v) is 6.78. The van der Waals surface area contributed by atoms with E-state index in [0.29, 0.717) is 5.69 Å². The summed E-state index contributed by atoms with van der Waals surface area (Å²) in [6.07, 6.45) is 0. The van der Waals surface area contributed by atoms with Gasteiger partial charge in [-0.15, -0.1) is 0 Å². The second kappa shape index (κ2) is 5.09. The summed E-state index contributed by atoms with van der Waals surface area (Å²) < 4.78 is 13.9. The maximum absolute atomic E-state index is 13.9. The third kappa shape index (κ3) is 2.54. The molecule has 3 aromatic rings. The van der Waals surface area contributed by atoms with Crippen LogP contribution in [0.3, 0.4) is 0 Å². The predicted octanol–water partition coefficient (Wildman–Crippen LogP) is 3.48. The number of benzene rings is 2. The fourth-order valence-corrected chi connectivity index (χ4v) is 2.43. The van der Waals surface area contributed by atoms with Crippen LogP contribution in [-0.2, 0) is 0 Å². The van der Waals surface area contributed by atoms with E-state index in [4.69, 9.17) is 0 Å². The molecule has 2 aromatic carbocycles. The van der Waals surface area contributed by atoms with Gasteiger partial charge in [-0.2, -0.15) is 0 Å². The van der Waals surface area contributed by atoms with E-state index in [2.05, 4.69) is 15.3 Å². The van der Waals surface area contributed by atoms with E-state index in [1.807, 2.05) is 38.1 Å². The number of fused-ring (bicyclic) bond motifs is 1. The van der Waals surface area contributed by atoms with Crippen molar-refractivity contribution in [2.45, 2.75) is 19.9 Å². The third-order valence-corrected chi connectivity index (χ3v) is 3.62. The van der Waals surface area contributed by atoms with Crippen LogP contribution in [0.15, 0.2) is 41.2 Å². The molecule has 0 aliphatic rings. The van der Waals surface area contributed by atoms with Gasteiger partial charge in [-0.25, -0.2) is 9.18 Å². The lowest BCUT2D eigenvalue weighted by atomic mass is 10.1. The van der Waals surface area contributed by atoms with Crippen molar-refractivity contribution >= 4 is 16.7 Å². The van der Waals surface area contributed by atoms with Crippen molar-refractivity contribution in [3.05, 3.63) is 63.8 Å². The lowest BCUT2D eigenvalue weighted by molar-refractivity contribution is 0.626. The van der Waals surface area contributed by atoms with Gasteiger partial charge in [0.2, 0.25) is 0 Å². The van der Waals surface area contributed by atoms with Crippen LogP contribution in [0.5, 0.6) is 0 Å². The first kappa shape index (κ1) is 13.4. The lowest BCUT2D eigenvalue weighted by Crippen LogP contribution is -2.09. The molecule has 5 heteroatoms. The van der Waals surface area contributed by atoms with E-state index >= 15 is 0 Å². The Balaban J connectivity index is 1.93. The molecule has 3 N–H and O–H groups in total. The monoisotopic (exact) mass is 285 g/mol. The number of aromatic nitrogens is 2. The van der Waals surface area contributed by atoms with Crippen molar-refractivity contribution in [2.75, 3.05) is 5.32 Å². The maximum atomic E-state index is 13.9. The zero-order valence-corrected chi connectivity index (χ0v) is 11.8. The van der Waals surface area contributed by atoms with Gasteiger partial charge in [-0.3, -0.25) is 0 Å². The van der Waals surface area contributed by atoms with Crippen LogP contribution >= 0.6 is 0 Å². The number of halogens is 1. The molecule has 0 bridgehead atoms. The van der Waals surface area contributed by atoms with E-state index in [1.54, 1.807) is 6.07 Å². The summed E-state index contributed by atoms with van der Waals surface area (Å²) in [5, 5.41) is 3.19. The Labute approximate surface area is 121 Å². The van der Waals surface area contributed by atoms with Crippen LogP contribution in [-0.4, -0.2) is 9.97 Å². The molecule has 1 heterocycles. The van der Waals surface area contributed by atoms with Gasteiger partial charge in [0.05, 0.1) is 16.7 Å². The summed E-state index contributed by atoms with van der Waals surface area (Å²) in [4.78, 5) is 16.7. The summed E-state index contributed by atoms with van der Waals surface area (Å²) in [7, 11) is 0. The second-order valence-electron chi connectivity index (χ2n) is 5.18. The molecule has 1 aromatic heterocycles. The highest BCUT2D eigenvalue weighted by atomic mass is 19.1. The molecule has 0 amide bonds. The van der Waals surface area contributed by atoms with Gasteiger partial charge < -0.3 is 15.3 Å². The molecular weight excluding hydrogens is 269 g/mol. The van der Waals surface area contributed by atoms with Crippen LogP contribution in [0.25, 0.3) is 11.0 Å². The fraction of sp³-hybridized carbons (Fsp3) is 0.188. The highest BCUT2D eigenvalue weighted by Gasteiger charge is 2.11. The summed E-state index contributed by atoms with van der Waals surface area (Å²) in [5.74, 6) is -0.266. The minimum atomic E-state index is -0.266. The lowest BCUT2D eigenvalue weighted by Gasteiger charge is -2.18. The Morgan fingerprint density at radius 1 is 1.14 bits per heavy atom. The number of aryl methyl sites for hydroxylation is 1. The van der Waals surface area contributed by atoms with Crippen LogP contribution in [0.4, 0.5) is 10.1 Å². The first-order valence-electron chi connectivity index (χ1n) is 6.78. The highest BCUT2D eigenvalue weighted by Crippen LogP contribution is 2.25. The minimum Gasteiger partial charge on any atom is -0.376 e. The molecule has 0 aliphatic heterocycles. The Morgan fingerprint density at radius 2 is 1.90 bits per heavy atom. The molecule has 108 valence electrons.